The summed E-state index contributed by atoms with van der Waals surface area (Å²) < 4.78 is 20.0. The van der Waals surface area contributed by atoms with E-state index in [1.165, 1.54) is 0 Å². The van der Waals surface area contributed by atoms with Crippen molar-refractivity contribution in [1.82, 2.24) is 0 Å². The highest BCUT2D eigenvalue weighted by molar-refractivity contribution is 7.72. The number of carboxylic acids is 1. The van der Waals surface area contributed by atoms with Crippen molar-refractivity contribution in [2.24, 2.45) is 5.73 Å². The van der Waals surface area contributed by atoms with Gasteiger partial charge in [0.25, 0.3) is 0 Å². The second-order valence-electron chi connectivity index (χ2n) is 2.14. The predicted molar refractivity (Wildman–Crippen MR) is 40.0 cm³/mol. The van der Waals surface area contributed by atoms with Gasteiger partial charge >= 0.3 is 5.97 Å². The summed E-state index contributed by atoms with van der Waals surface area (Å²) in [6.45, 7) is 0. The SMILES string of the molecule is NC(CCC[SH](=O)=O)C(=O)O. The van der Waals surface area contributed by atoms with E-state index in [4.69, 9.17) is 10.8 Å². The molecule has 0 aliphatic heterocycles. The summed E-state index contributed by atoms with van der Waals surface area (Å²) in [5, 5.41) is 8.27. The molecule has 6 heteroatoms. The molecule has 0 radical (unpaired) electrons. The van der Waals surface area contributed by atoms with Crippen molar-refractivity contribution in [2.75, 3.05) is 5.75 Å². The van der Waals surface area contributed by atoms with Gasteiger partial charge in [-0.1, -0.05) is 0 Å². The van der Waals surface area contributed by atoms with Crippen LogP contribution in [0.2, 0.25) is 0 Å². The second kappa shape index (κ2) is 5.09. The van der Waals surface area contributed by atoms with Crippen LogP contribution in [0.25, 0.3) is 0 Å². The molecule has 3 N–H and O–H groups in total. The van der Waals surface area contributed by atoms with E-state index in [2.05, 4.69) is 0 Å². The molecule has 0 aliphatic rings. The minimum Gasteiger partial charge on any atom is -0.480 e. The summed E-state index contributed by atoms with van der Waals surface area (Å²) in [6.07, 6.45) is 0.519. The van der Waals surface area contributed by atoms with E-state index in [1.807, 2.05) is 0 Å². The normalized spacial score (nSPS) is 13.3. The molecule has 0 fully saturated rings. The minimum atomic E-state index is -2.40. The molecular formula is C5H11NO4S. The lowest BCUT2D eigenvalue weighted by atomic mass is 10.2. The lowest BCUT2D eigenvalue weighted by molar-refractivity contribution is -0.138. The Morgan fingerprint density at radius 2 is 2.09 bits per heavy atom. The zero-order valence-corrected chi connectivity index (χ0v) is 6.79. The summed E-state index contributed by atoms with van der Waals surface area (Å²) in [6, 6.07) is -0.940. The molecule has 0 saturated carbocycles. The summed E-state index contributed by atoms with van der Waals surface area (Å²) in [5.74, 6) is -1.08. The monoisotopic (exact) mass is 181 g/mol. The predicted octanol–water partition coefficient (Wildman–Crippen LogP) is -1.21. The van der Waals surface area contributed by atoms with Crippen LogP contribution in [0.15, 0.2) is 0 Å². The van der Waals surface area contributed by atoms with E-state index < -0.39 is 22.7 Å². The average molecular weight is 181 g/mol. The third-order valence-electron chi connectivity index (χ3n) is 1.17. The lowest BCUT2D eigenvalue weighted by Crippen LogP contribution is -2.30. The molecule has 0 aromatic rings. The zero-order chi connectivity index (χ0) is 8.85. The topological polar surface area (TPSA) is 97.5 Å². The van der Waals surface area contributed by atoms with E-state index >= 15 is 0 Å². The van der Waals surface area contributed by atoms with Gasteiger partial charge < -0.3 is 10.8 Å². The molecule has 0 bridgehead atoms. The Morgan fingerprint density at radius 1 is 1.55 bits per heavy atom. The first kappa shape index (κ1) is 10.4. The highest BCUT2D eigenvalue weighted by Gasteiger charge is 2.09. The van der Waals surface area contributed by atoms with Gasteiger partial charge in [0.2, 0.25) is 0 Å². The van der Waals surface area contributed by atoms with Crippen molar-refractivity contribution in [3.05, 3.63) is 0 Å². The molecule has 0 spiro atoms. The van der Waals surface area contributed by atoms with Gasteiger partial charge in [-0.25, -0.2) is 8.42 Å². The van der Waals surface area contributed by atoms with Gasteiger partial charge in [0.1, 0.15) is 16.7 Å². The smallest absolute Gasteiger partial charge is 0.320 e. The highest BCUT2D eigenvalue weighted by Crippen LogP contribution is 1.94. The molecule has 11 heavy (non-hydrogen) atoms. The van der Waals surface area contributed by atoms with Crippen LogP contribution >= 0.6 is 0 Å². The number of rotatable bonds is 5. The fourth-order valence-corrected chi connectivity index (χ4v) is 1.00. The van der Waals surface area contributed by atoms with Crippen LogP contribution in [0.1, 0.15) is 12.8 Å². The van der Waals surface area contributed by atoms with E-state index in [0.29, 0.717) is 6.42 Å². The molecule has 66 valence electrons. The van der Waals surface area contributed by atoms with Crippen molar-refractivity contribution < 1.29 is 18.3 Å². The Labute approximate surface area is 66.2 Å². The average Bonchev–Trinajstić information content (AvgIpc) is 1.86. The van der Waals surface area contributed by atoms with Gasteiger partial charge in [-0.05, 0) is 12.8 Å². The maximum atomic E-state index is 10.1. The largest absolute Gasteiger partial charge is 0.480 e. The fraction of sp³-hybridized carbons (Fsp3) is 0.800. The van der Waals surface area contributed by atoms with Gasteiger partial charge in [-0.2, -0.15) is 0 Å². The Hall–Kier alpha value is -0.620. The molecule has 1 atom stereocenters. The molecule has 0 heterocycles. The van der Waals surface area contributed by atoms with Crippen LogP contribution in [-0.2, 0) is 15.5 Å². The summed E-state index contributed by atoms with van der Waals surface area (Å²) in [7, 11) is -2.40. The lowest BCUT2D eigenvalue weighted by Gasteiger charge is -2.02. The molecule has 0 saturated heterocycles. The number of nitrogens with two attached hydrogens (primary N) is 1. The second-order valence-corrected chi connectivity index (χ2v) is 3.26. The maximum Gasteiger partial charge on any atom is 0.320 e. The summed E-state index contributed by atoms with van der Waals surface area (Å²) in [5.41, 5.74) is 5.11. The van der Waals surface area contributed by atoms with E-state index in [0.717, 1.165) is 0 Å². The number of thiol groups is 1. The van der Waals surface area contributed by atoms with Crippen LogP contribution < -0.4 is 5.73 Å². The minimum absolute atomic E-state index is 0.0102. The summed E-state index contributed by atoms with van der Waals surface area (Å²) in [4.78, 5) is 10.1. The Bertz CT molecular complexity index is 193. The van der Waals surface area contributed by atoms with Gasteiger partial charge in [-0.15, -0.1) is 0 Å². The molecular weight excluding hydrogens is 170 g/mol. The maximum absolute atomic E-state index is 10.1. The van der Waals surface area contributed by atoms with Crippen molar-refractivity contribution in [1.29, 1.82) is 0 Å². The number of hydrogen-bond acceptors (Lipinski definition) is 4. The Kier molecular flexibility index (Phi) is 4.80. The highest BCUT2D eigenvalue weighted by atomic mass is 32.2. The third kappa shape index (κ3) is 5.81. The quantitative estimate of drug-likeness (QED) is 0.462. The van der Waals surface area contributed by atoms with Crippen molar-refractivity contribution in [3.63, 3.8) is 0 Å². The number of carboxylic acid groups (broad SMARTS) is 1. The van der Waals surface area contributed by atoms with E-state index in [9.17, 15) is 13.2 Å². The van der Waals surface area contributed by atoms with Gasteiger partial charge in [-0.3, -0.25) is 4.79 Å². The summed E-state index contributed by atoms with van der Waals surface area (Å²) >= 11 is 0. The van der Waals surface area contributed by atoms with Gasteiger partial charge in [0, 0.05) is 5.75 Å². The molecule has 0 rings (SSSR count). The van der Waals surface area contributed by atoms with Crippen LogP contribution in [-0.4, -0.2) is 31.3 Å². The Balaban J connectivity index is 3.46. The molecule has 0 aromatic carbocycles. The van der Waals surface area contributed by atoms with E-state index in [1.54, 1.807) is 0 Å². The van der Waals surface area contributed by atoms with Crippen LogP contribution in [0.4, 0.5) is 0 Å². The van der Waals surface area contributed by atoms with Crippen LogP contribution in [0, 0.1) is 0 Å². The van der Waals surface area contributed by atoms with Crippen molar-refractivity contribution >= 4 is 16.7 Å². The third-order valence-corrected chi connectivity index (χ3v) is 1.85. The van der Waals surface area contributed by atoms with E-state index in [-0.39, 0.29) is 12.2 Å². The first-order valence-electron chi connectivity index (χ1n) is 3.14. The zero-order valence-electron chi connectivity index (χ0n) is 5.90. The first-order chi connectivity index (χ1) is 5.04. The molecule has 5 nitrogen and oxygen atoms in total. The van der Waals surface area contributed by atoms with Gasteiger partial charge in [0.05, 0.1) is 0 Å². The van der Waals surface area contributed by atoms with Crippen molar-refractivity contribution in [3.8, 4) is 0 Å². The fourth-order valence-electron chi connectivity index (χ4n) is 0.564. The number of hydrogen-bond donors (Lipinski definition) is 3. The molecule has 0 amide bonds. The molecule has 0 aliphatic carbocycles. The molecule has 0 aromatic heterocycles. The molecule has 1 unspecified atom stereocenters. The van der Waals surface area contributed by atoms with Gasteiger partial charge in [0.15, 0.2) is 0 Å². The number of carbonyl (C=O) groups is 1. The Morgan fingerprint density at radius 3 is 2.45 bits per heavy atom. The first-order valence-corrected chi connectivity index (χ1v) is 4.50. The van der Waals surface area contributed by atoms with Crippen LogP contribution in [0.5, 0.6) is 0 Å². The number of aliphatic carboxylic acids is 1. The van der Waals surface area contributed by atoms with Crippen molar-refractivity contribution in [2.45, 2.75) is 18.9 Å². The standard InChI is InChI=1S/C5H11NO4S/c6-4(5(7)8)2-1-3-11(9)10/h4,11H,1-3,6H2,(H,7,8). The van der Waals surface area contributed by atoms with Crippen LogP contribution in [0.3, 0.4) is 0 Å².